The van der Waals surface area contributed by atoms with Gasteiger partial charge in [-0.3, -0.25) is 19.7 Å². The number of ether oxygens (including phenoxy) is 2. The van der Waals surface area contributed by atoms with E-state index in [0.717, 1.165) is 43.1 Å². The van der Waals surface area contributed by atoms with E-state index in [9.17, 15) is 14.4 Å². The molecule has 3 aliphatic rings. The number of hydrogen-bond acceptors (Lipinski definition) is 9. The fourth-order valence-corrected chi connectivity index (χ4v) is 5.49. The van der Waals surface area contributed by atoms with E-state index in [2.05, 4.69) is 32.4 Å². The molecule has 0 spiro atoms. The molecule has 2 fully saturated rings. The number of aromatic nitrogens is 2. The normalized spacial score (nSPS) is 19.7. The van der Waals surface area contributed by atoms with Crippen molar-refractivity contribution in [2.24, 2.45) is 5.41 Å². The Bertz CT molecular complexity index is 1620. The molecule has 2 aromatic heterocycles. The predicted molar refractivity (Wildman–Crippen MR) is 154 cm³/mol. The van der Waals surface area contributed by atoms with Crippen LogP contribution in [-0.2, 0) is 16.1 Å². The number of fused-ring (bicyclic) bond motifs is 1. The van der Waals surface area contributed by atoms with Gasteiger partial charge in [-0.25, -0.2) is 9.97 Å². The lowest BCUT2D eigenvalue weighted by atomic mass is 9.86. The van der Waals surface area contributed by atoms with Crippen LogP contribution in [0, 0.1) is 17.3 Å². The molecular formula is C31H30N6O5. The molecule has 3 amide bonds. The van der Waals surface area contributed by atoms with Gasteiger partial charge in [-0.05, 0) is 47.9 Å². The second-order valence-electron chi connectivity index (χ2n) is 10.5. The number of carbonyl (C=O) groups is 3. The first kappa shape index (κ1) is 27.2. The Morgan fingerprint density at radius 2 is 1.86 bits per heavy atom. The molecule has 2 N–H and O–H groups in total. The van der Waals surface area contributed by atoms with Crippen LogP contribution in [-0.4, -0.2) is 79.5 Å². The Kier molecular flexibility index (Phi) is 7.22. The SMILES string of the molecule is COc1ccc2c(c1)C(=O)N(C[C@@]1(C#Cc3nc(-c4ccc(N5CCNCC5)nc4)ccc3OC)CC(=O)NC1=O)C2. The molecule has 3 aliphatic heterocycles. The molecule has 11 nitrogen and oxygen atoms in total. The highest BCUT2D eigenvalue weighted by Crippen LogP contribution is 2.34. The predicted octanol–water partition coefficient (Wildman–Crippen LogP) is 1.61. The number of rotatable bonds is 6. The van der Waals surface area contributed by atoms with Gasteiger partial charge in [-0.1, -0.05) is 12.0 Å². The number of anilines is 1. The fourth-order valence-electron chi connectivity index (χ4n) is 5.49. The zero-order valence-corrected chi connectivity index (χ0v) is 23.4. The van der Waals surface area contributed by atoms with Gasteiger partial charge in [-0.15, -0.1) is 0 Å². The number of imide groups is 1. The van der Waals surface area contributed by atoms with Gasteiger partial charge in [0.2, 0.25) is 11.8 Å². The van der Waals surface area contributed by atoms with Gasteiger partial charge in [0.05, 0.1) is 26.3 Å². The number of pyridine rings is 2. The standard InChI is InChI=1S/C31H30N6O5/c1-41-22-5-3-21-18-37(29(39)23(21)15-22)19-31(16-28(38)35-30(31)40)10-9-25-26(42-2)7-6-24(34-25)20-4-8-27(33-17-20)36-13-11-32-12-14-36/h3-8,15,17,32H,11-14,16,18-19H2,1-2H3,(H,35,38,40)/t31-/m1/s1. The Morgan fingerprint density at radius 3 is 2.55 bits per heavy atom. The summed E-state index contributed by atoms with van der Waals surface area (Å²) in [6, 6.07) is 12.8. The summed E-state index contributed by atoms with van der Waals surface area (Å²) >= 11 is 0. The highest BCUT2D eigenvalue weighted by molar-refractivity contribution is 6.08. The molecule has 5 heterocycles. The van der Waals surface area contributed by atoms with E-state index in [4.69, 9.17) is 14.5 Å². The zero-order chi connectivity index (χ0) is 29.3. The number of methoxy groups -OCH3 is 2. The van der Waals surface area contributed by atoms with Crippen LogP contribution in [0.2, 0.25) is 0 Å². The molecule has 1 aromatic carbocycles. The van der Waals surface area contributed by atoms with Crippen LogP contribution in [0.25, 0.3) is 11.3 Å². The smallest absolute Gasteiger partial charge is 0.254 e. The lowest BCUT2D eigenvalue weighted by Crippen LogP contribution is -2.43. The molecular weight excluding hydrogens is 536 g/mol. The van der Waals surface area contributed by atoms with Crippen molar-refractivity contribution in [1.29, 1.82) is 0 Å². The van der Waals surface area contributed by atoms with E-state index in [0.29, 0.717) is 35.0 Å². The maximum atomic E-state index is 13.2. The van der Waals surface area contributed by atoms with Gasteiger partial charge in [0.15, 0.2) is 11.4 Å². The summed E-state index contributed by atoms with van der Waals surface area (Å²) in [5.74, 6) is 6.71. The molecule has 0 unspecified atom stereocenters. The summed E-state index contributed by atoms with van der Waals surface area (Å²) in [4.78, 5) is 51.9. The summed E-state index contributed by atoms with van der Waals surface area (Å²) in [5, 5.41) is 5.70. The van der Waals surface area contributed by atoms with Gasteiger partial charge < -0.3 is 24.6 Å². The molecule has 0 radical (unpaired) electrons. The van der Waals surface area contributed by atoms with Gasteiger partial charge in [0.25, 0.3) is 5.91 Å². The van der Waals surface area contributed by atoms with E-state index in [1.807, 2.05) is 24.3 Å². The zero-order valence-electron chi connectivity index (χ0n) is 23.4. The van der Waals surface area contributed by atoms with E-state index < -0.39 is 17.2 Å². The Morgan fingerprint density at radius 1 is 1.02 bits per heavy atom. The molecule has 42 heavy (non-hydrogen) atoms. The lowest BCUT2D eigenvalue weighted by molar-refractivity contribution is -0.127. The number of nitrogens with zero attached hydrogens (tertiary/aromatic N) is 4. The fraction of sp³-hybridized carbons (Fsp3) is 0.323. The Labute approximate surface area is 243 Å². The highest BCUT2D eigenvalue weighted by atomic mass is 16.5. The van der Waals surface area contributed by atoms with Crippen molar-refractivity contribution in [3.05, 3.63) is 65.5 Å². The summed E-state index contributed by atoms with van der Waals surface area (Å²) < 4.78 is 10.8. The highest BCUT2D eigenvalue weighted by Gasteiger charge is 2.48. The molecule has 1 atom stereocenters. The van der Waals surface area contributed by atoms with Crippen molar-refractivity contribution in [2.75, 3.05) is 51.8 Å². The number of nitrogens with one attached hydrogen (secondary N) is 2. The molecule has 6 rings (SSSR count). The minimum absolute atomic E-state index is 0.0488. The van der Waals surface area contributed by atoms with Crippen molar-refractivity contribution in [1.82, 2.24) is 25.5 Å². The first-order valence-corrected chi connectivity index (χ1v) is 13.7. The van der Waals surface area contributed by atoms with Crippen molar-refractivity contribution in [3.8, 4) is 34.6 Å². The first-order chi connectivity index (χ1) is 20.4. The quantitative estimate of drug-likeness (QED) is 0.338. The topological polar surface area (TPSA) is 126 Å². The van der Waals surface area contributed by atoms with Gasteiger partial charge in [0, 0.05) is 56.6 Å². The van der Waals surface area contributed by atoms with Gasteiger partial charge in [0.1, 0.15) is 17.0 Å². The monoisotopic (exact) mass is 566 g/mol. The summed E-state index contributed by atoms with van der Waals surface area (Å²) in [7, 11) is 3.05. The number of hydrogen-bond donors (Lipinski definition) is 2. The Hall–Kier alpha value is -4.95. The third-order valence-electron chi connectivity index (χ3n) is 7.79. The first-order valence-electron chi connectivity index (χ1n) is 13.7. The summed E-state index contributed by atoms with van der Waals surface area (Å²) in [6.07, 6.45) is 1.61. The van der Waals surface area contributed by atoms with Gasteiger partial charge in [-0.2, -0.15) is 0 Å². The average molecular weight is 567 g/mol. The molecule has 3 aromatic rings. The second-order valence-corrected chi connectivity index (χ2v) is 10.5. The summed E-state index contributed by atoms with van der Waals surface area (Å²) in [5.41, 5.74) is 1.65. The van der Waals surface area contributed by atoms with Crippen LogP contribution in [0.4, 0.5) is 5.82 Å². The van der Waals surface area contributed by atoms with Crippen LogP contribution in [0.1, 0.15) is 28.0 Å². The van der Waals surface area contributed by atoms with Crippen LogP contribution < -0.4 is 25.0 Å². The second kappa shape index (κ2) is 11.1. The minimum Gasteiger partial charge on any atom is -0.497 e. The van der Waals surface area contributed by atoms with Crippen molar-refractivity contribution in [2.45, 2.75) is 13.0 Å². The van der Waals surface area contributed by atoms with Crippen LogP contribution >= 0.6 is 0 Å². The van der Waals surface area contributed by atoms with Crippen molar-refractivity contribution < 1.29 is 23.9 Å². The molecule has 2 saturated heterocycles. The molecule has 0 aliphatic carbocycles. The Balaban J connectivity index is 1.29. The van der Waals surface area contributed by atoms with Crippen molar-refractivity contribution in [3.63, 3.8) is 0 Å². The summed E-state index contributed by atoms with van der Waals surface area (Å²) in [6.45, 7) is 3.89. The minimum atomic E-state index is -1.44. The lowest BCUT2D eigenvalue weighted by Gasteiger charge is -2.28. The number of benzene rings is 1. The molecule has 11 heteroatoms. The van der Waals surface area contributed by atoms with E-state index in [1.165, 1.54) is 14.2 Å². The third kappa shape index (κ3) is 5.12. The van der Waals surface area contributed by atoms with Crippen molar-refractivity contribution >= 4 is 23.5 Å². The average Bonchev–Trinajstić information content (AvgIpc) is 3.49. The molecule has 214 valence electrons. The van der Waals surface area contributed by atoms with Gasteiger partial charge >= 0.3 is 0 Å². The number of carbonyl (C=O) groups excluding carboxylic acids is 3. The maximum Gasteiger partial charge on any atom is 0.254 e. The van der Waals surface area contributed by atoms with E-state index in [1.54, 1.807) is 29.3 Å². The van der Waals surface area contributed by atoms with Crippen LogP contribution in [0.5, 0.6) is 11.5 Å². The maximum absolute atomic E-state index is 13.2. The van der Waals surface area contributed by atoms with E-state index in [-0.39, 0.29) is 18.9 Å². The number of piperazine rings is 1. The van der Waals surface area contributed by atoms with Crippen LogP contribution in [0.15, 0.2) is 48.7 Å². The third-order valence-corrected chi connectivity index (χ3v) is 7.79. The van der Waals surface area contributed by atoms with E-state index >= 15 is 0 Å². The van der Waals surface area contributed by atoms with Crippen LogP contribution in [0.3, 0.4) is 0 Å². The largest absolute Gasteiger partial charge is 0.497 e. The number of amides is 3. The molecule has 0 bridgehead atoms. The molecule has 0 saturated carbocycles.